The molecule has 0 saturated carbocycles. The van der Waals surface area contributed by atoms with Crippen LogP contribution >= 0.6 is 0 Å². The van der Waals surface area contributed by atoms with Gasteiger partial charge in [-0.25, -0.2) is 4.39 Å². The van der Waals surface area contributed by atoms with Crippen molar-refractivity contribution in [1.29, 1.82) is 0 Å². The number of halogens is 1. The highest BCUT2D eigenvalue weighted by atomic mass is 19.1. The average Bonchev–Trinajstić information content (AvgIpc) is 2.48. The molecule has 0 radical (unpaired) electrons. The van der Waals surface area contributed by atoms with Gasteiger partial charge in [-0.15, -0.1) is 0 Å². The van der Waals surface area contributed by atoms with E-state index in [1.807, 2.05) is 26.0 Å². The van der Waals surface area contributed by atoms with E-state index in [9.17, 15) is 4.39 Å². The van der Waals surface area contributed by atoms with Crippen LogP contribution in [-0.4, -0.2) is 6.61 Å². The molecular formula is C17H20FNO2. The number of para-hydroxylation sites is 2. The van der Waals surface area contributed by atoms with Gasteiger partial charge < -0.3 is 15.2 Å². The molecule has 2 aromatic carbocycles. The Morgan fingerprint density at radius 1 is 1.10 bits per heavy atom. The van der Waals surface area contributed by atoms with Crippen molar-refractivity contribution in [2.75, 3.05) is 6.61 Å². The molecule has 0 spiro atoms. The molecule has 4 heteroatoms. The summed E-state index contributed by atoms with van der Waals surface area (Å²) >= 11 is 0. The lowest BCUT2D eigenvalue weighted by molar-refractivity contribution is 0.300. The lowest BCUT2D eigenvalue weighted by atomic mass is 10.1. The fourth-order valence-electron chi connectivity index (χ4n) is 1.87. The summed E-state index contributed by atoms with van der Waals surface area (Å²) in [7, 11) is 0. The molecule has 0 aromatic heterocycles. The second-order valence-corrected chi connectivity index (χ2v) is 4.88. The molecule has 2 rings (SSSR count). The van der Waals surface area contributed by atoms with E-state index in [1.54, 1.807) is 24.3 Å². The molecule has 0 aliphatic carbocycles. The Hall–Kier alpha value is -2.07. The Balaban J connectivity index is 2.22. The van der Waals surface area contributed by atoms with Crippen LogP contribution < -0.4 is 15.2 Å². The molecule has 0 aliphatic heterocycles. The molecule has 0 aliphatic rings. The number of nitrogens with two attached hydrogens (primary N) is 1. The van der Waals surface area contributed by atoms with Crippen LogP contribution in [0.1, 0.15) is 31.9 Å². The molecule has 1 atom stereocenters. The van der Waals surface area contributed by atoms with Crippen molar-refractivity contribution in [1.82, 2.24) is 0 Å². The molecule has 0 unspecified atom stereocenters. The number of rotatable bonds is 6. The standard InChI is InChI=1S/C17H20FNO2/c1-3-10-20-16-6-4-5-7-17(16)21-15-9-8-13(12(2)19)11-14(15)18/h4-9,11-12H,3,10,19H2,1-2H3/t12-/m1/s1. The second kappa shape index (κ2) is 7.09. The predicted octanol–water partition coefficient (Wildman–Crippen LogP) is 4.43. The largest absolute Gasteiger partial charge is 0.490 e. The normalized spacial score (nSPS) is 12.0. The Morgan fingerprint density at radius 2 is 1.81 bits per heavy atom. The Kier molecular flexibility index (Phi) is 5.17. The van der Waals surface area contributed by atoms with Gasteiger partial charge in [0.1, 0.15) is 0 Å². The first-order valence-corrected chi connectivity index (χ1v) is 7.06. The van der Waals surface area contributed by atoms with Crippen LogP contribution in [0.3, 0.4) is 0 Å². The third-order valence-electron chi connectivity index (χ3n) is 3.01. The summed E-state index contributed by atoms with van der Waals surface area (Å²) in [6.45, 7) is 4.42. The summed E-state index contributed by atoms with van der Waals surface area (Å²) in [6, 6.07) is 11.8. The van der Waals surface area contributed by atoms with Crippen LogP contribution in [-0.2, 0) is 0 Å². The zero-order valence-electron chi connectivity index (χ0n) is 12.3. The van der Waals surface area contributed by atoms with Crippen molar-refractivity contribution < 1.29 is 13.9 Å². The van der Waals surface area contributed by atoms with Crippen molar-refractivity contribution in [2.45, 2.75) is 26.3 Å². The maximum absolute atomic E-state index is 14.1. The summed E-state index contributed by atoms with van der Waals surface area (Å²) in [5.74, 6) is 0.829. The SMILES string of the molecule is CCCOc1ccccc1Oc1ccc([C@@H](C)N)cc1F. The fraction of sp³-hybridized carbons (Fsp3) is 0.294. The summed E-state index contributed by atoms with van der Waals surface area (Å²) < 4.78 is 25.3. The smallest absolute Gasteiger partial charge is 0.169 e. The van der Waals surface area contributed by atoms with Crippen molar-refractivity contribution >= 4 is 0 Å². The van der Waals surface area contributed by atoms with Crippen LogP contribution in [0.5, 0.6) is 17.2 Å². The quantitative estimate of drug-likeness (QED) is 0.855. The van der Waals surface area contributed by atoms with Crippen LogP contribution in [0.4, 0.5) is 4.39 Å². The van der Waals surface area contributed by atoms with Gasteiger partial charge in [0.2, 0.25) is 0 Å². The van der Waals surface area contributed by atoms with Crippen molar-refractivity contribution in [2.24, 2.45) is 5.73 Å². The highest BCUT2D eigenvalue weighted by Crippen LogP contribution is 2.33. The molecular weight excluding hydrogens is 269 g/mol. The topological polar surface area (TPSA) is 44.5 Å². The highest BCUT2D eigenvalue weighted by molar-refractivity contribution is 5.43. The van der Waals surface area contributed by atoms with Gasteiger partial charge in [-0.05, 0) is 43.2 Å². The minimum Gasteiger partial charge on any atom is -0.490 e. The third-order valence-corrected chi connectivity index (χ3v) is 3.01. The van der Waals surface area contributed by atoms with Crippen LogP contribution in [0, 0.1) is 5.82 Å². The first kappa shape index (κ1) is 15.3. The minimum absolute atomic E-state index is 0.159. The van der Waals surface area contributed by atoms with Gasteiger partial charge in [0.05, 0.1) is 6.61 Å². The molecule has 0 bridgehead atoms. The average molecular weight is 289 g/mol. The number of hydrogen-bond donors (Lipinski definition) is 1. The van der Waals surface area contributed by atoms with E-state index < -0.39 is 5.82 Å². The van der Waals surface area contributed by atoms with Crippen LogP contribution in [0.2, 0.25) is 0 Å². The molecule has 112 valence electrons. The van der Waals surface area contributed by atoms with Crippen molar-refractivity contribution in [3.05, 3.63) is 53.8 Å². The van der Waals surface area contributed by atoms with Crippen LogP contribution in [0.25, 0.3) is 0 Å². The highest BCUT2D eigenvalue weighted by Gasteiger charge is 2.11. The van der Waals surface area contributed by atoms with Gasteiger partial charge in [0, 0.05) is 6.04 Å². The van der Waals surface area contributed by atoms with E-state index in [4.69, 9.17) is 15.2 Å². The maximum Gasteiger partial charge on any atom is 0.169 e. The zero-order valence-corrected chi connectivity index (χ0v) is 12.3. The van der Waals surface area contributed by atoms with E-state index in [2.05, 4.69) is 0 Å². The number of ether oxygens (including phenoxy) is 2. The zero-order chi connectivity index (χ0) is 15.2. The summed E-state index contributed by atoms with van der Waals surface area (Å²) in [6.07, 6.45) is 0.895. The number of benzene rings is 2. The Bertz CT molecular complexity index is 599. The minimum atomic E-state index is -0.435. The van der Waals surface area contributed by atoms with E-state index >= 15 is 0 Å². The first-order valence-electron chi connectivity index (χ1n) is 7.06. The Morgan fingerprint density at radius 3 is 2.43 bits per heavy atom. The predicted molar refractivity (Wildman–Crippen MR) is 81.3 cm³/mol. The molecule has 2 aromatic rings. The fourth-order valence-corrected chi connectivity index (χ4v) is 1.87. The van der Waals surface area contributed by atoms with Gasteiger partial charge in [-0.1, -0.05) is 25.1 Å². The molecule has 0 heterocycles. The molecule has 3 nitrogen and oxygen atoms in total. The molecule has 0 amide bonds. The van der Waals surface area contributed by atoms with Gasteiger partial charge in [-0.2, -0.15) is 0 Å². The van der Waals surface area contributed by atoms with Gasteiger partial charge >= 0.3 is 0 Å². The van der Waals surface area contributed by atoms with Gasteiger partial charge in [-0.3, -0.25) is 0 Å². The lowest BCUT2D eigenvalue weighted by Crippen LogP contribution is -2.05. The summed E-state index contributed by atoms with van der Waals surface area (Å²) in [4.78, 5) is 0. The van der Waals surface area contributed by atoms with E-state index in [-0.39, 0.29) is 11.8 Å². The molecule has 0 fully saturated rings. The number of hydrogen-bond acceptors (Lipinski definition) is 3. The van der Waals surface area contributed by atoms with Gasteiger partial charge in [0.25, 0.3) is 0 Å². The van der Waals surface area contributed by atoms with Crippen molar-refractivity contribution in [3.8, 4) is 17.2 Å². The summed E-state index contributed by atoms with van der Waals surface area (Å²) in [5, 5.41) is 0. The maximum atomic E-state index is 14.1. The summed E-state index contributed by atoms with van der Waals surface area (Å²) in [5.41, 5.74) is 6.47. The second-order valence-electron chi connectivity index (χ2n) is 4.88. The molecule has 0 saturated heterocycles. The monoisotopic (exact) mass is 289 g/mol. The van der Waals surface area contributed by atoms with E-state index in [0.29, 0.717) is 18.1 Å². The van der Waals surface area contributed by atoms with Gasteiger partial charge in [0.15, 0.2) is 23.1 Å². The van der Waals surface area contributed by atoms with Crippen molar-refractivity contribution in [3.63, 3.8) is 0 Å². The van der Waals surface area contributed by atoms with E-state index in [0.717, 1.165) is 12.0 Å². The lowest BCUT2D eigenvalue weighted by Gasteiger charge is -2.13. The van der Waals surface area contributed by atoms with E-state index in [1.165, 1.54) is 6.07 Å². The molecule has 21 heavy (non-hydrogen) atoms. The first-order chi connectivity index (χ1) is 10.1. The molecule has 2 N–H and O–H groups in total. The Labute approximate surface area is 124 Å². The third kappa shape index (κ3) is 3.95. The van der Waals surface area contributed by atoms with Crippen LogP contribution in [0.15, 0.2) is 42.5 Å².